The summed E-state index contributed by atoms with van der Waals surface area (Å²) >= 11 is 0. The number of aryl methyl sites for hydroxylation is 2. The third-order valence-electron chi connectivity index (χ3n) is 5.30. The zero-order chi connectivity index (χ0) is 20.6. The van der Waals surface area contributed by atoms with Crippen molar-refractivity contribution in [1.82, 2.24) is 15.6 Å². The molecule has 156 valence electrons. The highest BCUT2D eigenvalue weighted by Gasteiger charge is 2.19. The molecule has 0 unspecified atom stereocenters. The van der Waals surface area contributed by atoms with Crippen LogP contribution in [0.25, 0.3) is 0 Å². The van der Waals surface area contributed by atoms with Crippen molar-refractivity contribution < 1.29 is 9.84 Å². The first-order chi connectivity index (χ1) is 14.0. The number of aliphatic hydroxyl groups is 1. The van der Waals surface area contributed by atoms with Crippen molar-refractivity contribution in [2.45, 2.75) is 65.1 Å². The first-order valence-electron chi connectivity index (χ1n) is 10.5. The maximum atomic E-state index is 9.69. The van der Waals surface area contributed by atoms with E-state index >= 15 is 0 Å². The summed E-state index contributed by atoms with van der Waals surface area (Å²) < 4.78 is 5.93. The number of nitrogens with one attached hydrogen (secondary N) is 2. The monoisotopic (exact) mass is 396 g/mol. The Balaban J connectivity index is 1.63. The lowest BCUT2D eigenvalue weighted by molar-refractivity contribution is 0.120. The van der Waals surface area contributed by atoms with Gasteiger partial charge in [0.15, 0.2) is 5.96 Å². The quantitative estimate of drug-likeness (QED) is 0.511. The number of rotatable bonds is 6. The molecule has 29 heavy (non-hydrogen) atoms. The van der Waals surface area contributed by atoms with E-state index in [9.17, 15) is 5.11 Å². The van der Waals surface area contributed by atoms with Crippen LogP contribution >= 0.6 is 0 Å². The Morgan fingerprint density at radius 2 is 1.93 bits per heavy atom. The second-order valence-electron chi connectivity index (χ2n) is 7.70. The molecule has 6 nitrogen and oxygen atoms in total. The molecule has 0 spiro atoms. The molecule has 2 aromatic rings. The van der Waals surface area contributed by atoms with Gasteiger partial charge in [0.1, 0.15) is 5.75 Å². The zero-order valence-electron chi connectivity index (χ0n) is 17.6. The van der Waals surface area contributed by atoms with Gasteiger partial charge in [0.05, 0.1) is 12.6 Å². The molecule has 1 saturated carbocycles. The summed E-state index contributed by atoms with van der Waals surface area (Å²) in [6.45, 7) is 7.56. The molecule has 0 radical (unpaired) electrons. The average molecular weight is 397 g/mol. The highest BCUT2D eigenvalue weighted by atomic mass is 16.5. The third kappa shape index (κ3) is 6.46. The maximum absolute atomic E-state index is 9.69. The first kappa shape index (κ1) is 21.1. The normalized spacial score (nSPS) is 19.7. The van der Waals surface area contributed by atoms with Gasteiger partial charge in [-0.05, 0) is 81.3 Å². The third-order valence-corrected chi connectivity index (χ3v) is 5.30. The number of ether oxygens (including phenoxy) is 1. The van der Waals surface area contributed by atoms with Crippen LogP contribution in [0.15, 0.2) is 41.5 Å². The Kier molecular flexibility index (Phi) is 7.47. The maximum Gasteiger partial charge on any atom is 0.219 e. The van der Waals surface area contributed by atoms with Crippen molar-refractivity contribution in [2.75, 3.05) is 6.54 Å². The average Bonchev–Trinajstić information content (AvgIpc) is 2.71. The lowest BCUT2D eigenvalue weighted by Crippen LogP contribution is -2.45. The van der Waals surface area contributed by atoms with E-state index in [1.807, 2.05) is 24.3 Å². The number of hydrogen-bond donors (Lipinski definition) is 3. The molecule has 0 saturated heterocycles. The molecule has 1 fully saturated rings. The molecule has 6 heteroatoms. The summed E-state index contributed by atoms with van der Waals surface area (Å²) in [7, 11) is 0. The number of guanidine groups is 1. The number of aromatic nitrogens is 1. The van der Waals surface area contributed by atoms with E-state index in [-0.39, 0.29) is 6.10 Å². The van der Waals surface area contributed by atoms with Crippen molar-refractivity contribution in [1.29, 1.82) is 0 Å². The molecular formula is C23H32N4O2. The van der Waals surface area contributed by atoms with E-state index in [0.29, 0.717) is 18.5 Å². The van der Waals surface area contributed by atoms with Crippen LogP contribution in [0.5, 0.6) is 11.6 Å². The standard InChI is InChI=1S/C23H32N4O2/c1-4-24-23(27-19-6-8-20(28)9-7-19)26-15-18-11-12-25-22(14-18)29-21-10-5-16(2)17(3)13-21/h5,10-14,19-20,28H,4,6-9,15H2,1-3H3,(H2,24,26,27). The van der Waals surface area contributed by atoms with E-state index < -0.39 is 0 Å². The van der Waals surface area contributed by atoms with E-state index in [1.54, 1.807) is 6.20 Å². The Morgan fingerprint density at radius 1 is 1.14 bits per heavy atom. The summed E-state index contributed by atoms with van der Waals surface area (Å²) in [5.41, 5.74) is 3.47. The lowest BCUT2D eigenvalue weighted by Gasteiger charge is -2.27. The Morgan fingerprint density at radius 3 is 2.66 bits per heavy atom. The van der Waals surface area contributed by atoms with Crippen LogP contribution in [-0.4, -0.2) is 34.7 Å². The van der Waals surface area contributed by atoms with E-state index in [1.165, 1.54) is 11.1 Å². The fourth-order valence-electron chi connectivity index (χ4n) is 3.41. The Labute approximate surface area is 173 Å². The summed E-state index contributed by atoms with van der Waals surface area (Å²) in [5, 5.41) is 16.5. The van der Waals surface area contributed by atoms with Gasteiger partial charge >= 0.3 is 0 Å². The van der Waals surface area contributed by atoms with E-state index in [2.05, 4.69) is 42.5 Å². The number of pyridine rings is 1. The molecule has 0 amide bonds. The van der Waals surface area contributed by atoms with Crippen LogP contribution < -0.4 is 15.4 Å². The van der Waals surface area contributed by atoms with Gasteiger partial charge in [-0.3, -0.25) is 0 Å². The van der Waals surface area contributed by atoms with Crippen molar-refractivity contribution in [2.24, 2.45) is 4.99 Å². The molecule has 0 aliphatic heterocycles. The van der Waals surface area contributed by atoms with Crippen molar-refractivity contribution in [3.8, 4) is 11.6 Å². The Hall–Kier alpha value is -2.60. The highest BCUT2D eigenvalue weighted by molar-refractivity contribution is 5.80. The van der Waals surface area contributed by atoms with Crippen LogP contribution in [-0.2, 0) is 6.54 Å². The van der Waals surface area contributed by atoms with Crippen LogP contribution in [0.4, 0.5) is 0 Å². The highest BCUT2D eigenvalue weighted by Crippen LogP contribution is 2.23. The minimum absolute atomic E-state index is 0.153. The summed E-state index contributed by atoms with van der Waals surface area (Å²) in [6.07, 6.45) is 5.23. The first-order valence-corrected chi connectivity index (χ1v) is 10.5. The summed E-state index contributed by atoms with van der Waals surface area (Å²) in [5.74, 6) is 2.17. The Bertz CT molecular complexity index is 829. The van der Waals surface area contributed by atoms with Crippen LogP contribution in [0, 0.1) is 13.8 Å². The van der Waals surface area contributed by atoms with Gasteiger partial charge in [-0.15, -0.1) is 0 Å². The molecule has 0 atom stereocenters. The molecule has 3 rings (SSSR count). The lowest BCUT2D eigenvalue weighted by atomic mass is 9.93. The smallest absolute Gasteiger partial charge is 0.219 e. The van der Waals surface area contributed by atoms with Crippen molar-refractivity contribution in [3.63, 3.8) is 0 Å². The fraction of sp³-hybridized carbons (Fsp3) is 0.478. The molecule has 1 aromatic heterocycles. The predicted octanol–water partition coefficient (Wildman–Crippen LogP) is 3.85. The molecule has 0 bridgehead atoms. The van der Waals surface area contributed by atoms with E-state index in [0.717, 1.165) is 49.5 Å². The molecule has 3 N–H and O–H groups in total. The summed E-state index contributed by atoms with van der Waals surface area (Å²) in [4.78, 5) is 9.04. The van der Waals surface area contributed by atoms with Gasteiger partial charge in [0, 0.05) is 24.8 Å². The van der Waals surface area contributed by atoms with Crippen LogP contribution in [0.1, 0.15) is 49.3 Å². The number of benzene rings is 1. The number of hydrogen-bond acceptors (Lipinski definition) is 4. The van der Waals surface area contributed by atoms with Crippen molar-refractivity contribution >= 4 is 5.96 Å². The molecular weight excluding hydrogens is 364 g/mol. The molecule has 1 aromatic carbocycles. The summed E-state index contributed by atoms with van der Waals surface area (Å²) in [6, 6.07) is 10.3. The van der Waals surface area contributed by atoms with Crippen LogP contribution in [0.3, 0.4) is 0 Å². The van der Waals surface area contributed by atoms with Gasteiger partial charge in [0.25, 0.3) is 0 Å². The second kappa shape index (κ2) is 10.3. The van der Waals surface area contributed by atoms with Gasteiger partial charge in [-0.2, -0.15) is 0 Å². The minimum atomic E-state index is -0.153. The SMILES string of the molecule is CCNC(=NCc1ccnc(Oc2ccc(C)c(C)c2)c1)NC1CCC(O)CC1. The largest absolute Gasteiger partial charge is 0.439 e. The minimum Gasteiger partial charge on any atom is -0.439 e. The zero-order valence-corrected chi connectivity index (χ0v) is 17.6. The molecule has 1 aliphatic carbocycles. The molecule has 1 heterocycles. The number of aliphatic imine (C=N–C) groups is 1. The van der Waals surface area contributed by atoms with Gasteiger partial charge in [-0.25, -0.2) is 9.98 Å². The van der Waals surface area contributed by atoms with Gasteiger partial charge in [0.2, 0.25) is 5.88 Å². The second-order valence-corrected chi connectivity index (χ2v) is 7.70. The number of aliphatic hydroxyl groups excluding tert-OH is 1. The van der Waals surface area contributed by atoms with Crippen LogP contribution in [0.2, 0.25) is 0 Å². The number of nitrogens with zero attached hydrogens (tertiary/aromatic N) is 2. The fourth-order valence-corrected chi connectivity index (χ4v) is 3.41. The predicted molar refractivity (Wildman–Crippen MR) is 116 cm³/mol. The van der Waals surface area contributed by atoms with Crippen molar-refractivity contribution in [3.05, 3.63) is 53.2 Å². The van der Waals surface area contributed by atoms with Gasteiger partial charge < -0.3 is 20.5 Å². The van der Waals surface area contributed by atoms with E-state index in [4.69, 9.17) is 9.73 Å². The topological polar surface area (TPSA) is 78.8 Å². The van der Waals surface area contributed by atoms with Gasteiger partial charge in [-0.1, -0.05) is 6.07 Å². The molecule has 1 aliphatic rings.